The zero-order valence-corrected chi connectivity index (χ0v) is 19.0. The smallest absolute Gasteiger partial charge is 0.305 e. The molecular weight excluding hydrogens is 414 g/mol. The summed E-state index contributed by atoms with van der Waals surface area (Å²) in [6.45, 7) is 5.95. The first kappa shape index (κ1) is 24.6. The molecule has 8 heteroatoms. The number of nitrogens with one attached hydrogen (secondary N) is 1. The molecule has 0 saturated carbocycles. The number of rotatable bonds is 6. The van der Waals surface area contributed by atoms with Gasteiger partial charge >= 0.3 is 5.97 Å². The molecule has 4 fully saturated rings. The number of hydrogen-bond acceptors (Lipinski definition) is 6. The average molecular weight is 450 g/mol. The number of hydrogen-bond donors (Lipinski definition) is 2. The quantitative estimate of drug-likeness (QED) is 0.364. The van der Waals surface area contributed by atoms with Crippen molar-refractivity contribution in [1.29, 1.82) is 0 Å². The Kier molecular flexibility index (Phi) is 8.62. The Morgan fingerprint density at radius 3 is 2.53 bits per heavy atom. The third kappa shape index (κ3) is 7.83. The van der Waals surface area contributed by atoms with Crippen molar-refractivity contribution in [3.63, 3.8) is 0 Å². The van der Waals surface area contributed by atoms with Crippen LogP contribution in [0.5, 0.6) is 0 Å². The number of carbonyl (C=O) groups is 3. The van der Waals surface area contributed by atoms with Gasteiger partial charge in [0.05, 0.1) is 36.9 Å². The maximum atomic E-state index is 11.0. The van der Waals surface area contributed by atoms with Crippen molar-refractivity contribution in [3.8, 4) is 0 Å². The minimum atomic E-state index is -0.817. The summed E-state index contributed by atoms with van der Waals surface area (Å²) in [6.07, 6.45) is 12.0. The van der Waals surface area contributed by atoms with Crippen molar-refractivity contribution < 1.29 is 33.7 Å². The van der Waals surface area contributed by atoms with Gasteiger partial charge in [0, 0.05) is 32.3 Å². The number of allylic oxidation sites excluding steroid dienone is 2. The van der Waals surface area contributed by atoms with Crippen LogP contribution >= 0.6 is 0 Å². The van der Waals surface area contributed by atoms with E-state index in [0.717, 1.165) is 26.1 Å². The summed E-state index contributed by atoms with van der Waals surface area (Å²) in [6, 6.07) is 0. The average Bonchev–Trinajstić information content (AvgIpc) is 3.35. The first-order valence-electron chi connectivity index (χ1n) is 11.6. The van der Waals surface area contributed by atoms with Gasteiger partial charge in [-0.05, 0) is 32.1 Å². The molecule has 0 aliphatic carbocycles. The second-order valence-corrected chi connectivity index (χ2v) is 9.32. The predicted molar refractivity (Wildman–Crippen MR) is 117 cm³/mol. The molecule has 4 saturated heterocycles. The summed E-state index contributed by atoms with van der Waals surface area (Å²) in [5.41, 5.74) is 1.05. The summed E-state index contributed by atoms with van der Waals surface area (Å²) in [7, 11) is 0. The van der Waals surface area contributed by atoms with Crippen LogP contribution in [0.25, 0.3) is 0 Å². The van der Waals surface area contributed by atoms with Gasteiger partial charge in [0.1, 0.15) is 0 Å². The Morgan fingerprint density at radius 1 is 1.25 bits per heavy atom. The lowest BCUT2D eigenvalue weighted by Crippen LogP contribution is -2.38. The second-order valence-electron chi connectivity index (χ2n) is 9.32. The highest BCUT2D eigenvalue weighted by Gasteiger charge is 2.51. The van der Waals surface area contributed by atoms with E-state index < -0.39 is 5.97 Å². The lowest BCUT2D eigenvalue weighted by Gasteiger charge is -2.32. The second kappa shape index (κ2) is 11.2. The maximum Gasteiger partial charge on any atom is 0.305 e. The molecule has 4 rings (SSSR count). The molecule has 2 amide bonds. The summed E-state index contributed by atoms with van der Waals surface area (Å²) in [5, 5.41) is 11.2. The van der Waals surface area contributed by atoms with Crippen LogP contribution in [0.15, 0.2) is 23.8 Å². The molecule has 0 aromatic carbocycles. The molecule has 4 heterocycles. The number of ether oxygens (including phenoxy) is 3. The zero-order chi connectivity index (χ0) is 23.1. The molecule has 0 radical (unpaired) electrons. The highest BCUT2D eigenvalue weighted by molar-refractivity contribution is 6.01. The Morgan fingerprint density at radius 2 is 1.97 bits per heavy atom. The Balaban J connectivity index is 0.000000352. The molecule has 178 valence electrons. The van der Waals surface area contributed by atoms with E-state index >= 15 is 0 Å². The summed E-state index contributed by atoms with van der Waals surface area (Å²) in [4.78, 5) is 31.2. The van der Waals surface area contributed by atoms with Crippen LogP contribution in [0.1, 0.15) is 65.2 Å². The fraction of sp³-hybridized carbons (Fsp3) is 0.708. The third-order valence-corrected chi connectivity index (χ3v) is 6.37. The molecule has 4 aliphatic heterocycles. The van der Waals surface area contributed by atoms with Gasteiger partial charge in [0.25, 0.3) is 0 Å². The normalized spacial score (nSPS) is 34.9. The van der Waals surface area contributed by atoms with Gasteiger partial charge < -0.3 is 19.3 Å². The lowest BCUT2D eigenvalue weighted by molar-refractivity contribution is -0.143. The van der Waals surface area contributed by atoms with Gasteiger partial charge in [-0.1, -0.05) is 30.7 Å². The number of aliphatic carboxylic acids is 1. The van der Waals surface area contributed by atoms with Crippen LogP contribution in [0.2, 0.25) is 0 Å². The molecular formula is C24H35NO7. The number of carboxylic acids is 1. The minimum Gasteiger partial charge on any atom is -0.481 e. The molecule has 0 bridgehead atoms. The monoisotopic (exact) mass is 449 g/mol. The van der Waals surface area contributed by atoms with Crippen LogP contribution in [-0.2, 0) is 28.6 Å². The van der Waals surface area contributed by atoms with E-state index in [9.17, 15) is 14.4 Å². The van der Waals surface area contributed by atoms with E-state index in [4.69, 9.17) is 19.3 Å². The van der Waals surface area contributed by atoms with Crippen molar-refractivity contribution in [3.05, 3.63) is 23.8 Å². The first-order chi connectivity index (χ1) is 15.2. The van der Waals surface area contributed by atoms with Crippen molar-refractivity contribution in [2.75, 3.05) is 13.2 Å². The predicted octanol–water partition coefficient (Wildman–Crippen LogP) is 2.91. The number of imide groups is 1. The summed E-state index contributed by atoms with van der Waals surface area (Å²) in [5.74, 6) is -0.495. The highest BCUT2D eigenvalue weighted by Crippen LogP contribution is 2.43. The van der Waals surface area contributed by atoms with Gasteiger partial charge in [0.2, 0.25) is 11.8 Å². The minimum absolute atomic E-state index is 0.0428. The number of carbonyl (C=O) groups excluding carboxylic acids is 2. The van der Waals surface area contributed by atoms with Gasteiger partial charge in [0.15, 0.2) is 0 Å². The fourth-order valence-corrected chi connectivity index (χ4v) is 4.40. The molecule has 32 heavy (non-hydrogen) atoms. The standard InChI is InChI=1S/C20H30O5.C4H5NO2/c1-14(6-8-18-15(2)4-3-9-23-18)5-7-16-11-20(13-24-20)12-17(25-16)10-19(21)22;6-3-1-2-4(7)5-3/h5-7,15-18H,3-4,8-13H2,1-2H3,(H,21,22);1-2H2,(H,5,6,7)/b7-5+,14-6+;/t15-,16+,17+,18-,20+;/m0./s1. The van der Waals surface area contributed by atoms with Crippen LogP contribution in [-0.4, -0.2) is 60.0 Å². The Labute approximate surface area is 189 Å². The van der Waals surface area contributed by atoms with Crippen LogP contribution in [0, 0.1) is 5.92 Å². The van der Waals surface area contributed by atoms with Gasteiger partial charge in [-0.25, -0.2) is 0 Å². The zero-order valence-electron chi connectivity index (χ0n) is 19.0. The van der Waals surface area contributed by atoms with E-state index in [-0.39, 0.29) is 36.0 Å². The van der Waals surface area contributed by atoms with Crippen molar-refractivity contribution in [2.24, 2.45) is 5.92 Å². The van der Waals surface area contributed by atoms with Crippen molar-refractivity contribution in [2.45, 2.75) is 89.1 Å². The number of epoxide rings is 1. The van der Waals surface area contributed by atoms with E-state index in [2.05, 4.69) is 37.4 Å². The Hall–Kier alpha value is -2.03. The number of amides is 2. The van der Waals surface area contributed by atoms with Crippen LogP contribution in [0.3, 0.4) is 0 Å². The largest absolute Gasteiger partial charge is 0.481 e. The molecule has 5 atom stereocenters. The maximum absolute atomic E-state index is 11.0. The van der Waals surface area contributed by atoms with Crippen LogP contribution in [0.4, 0.5) is 0 Å². The fourth-order valence-electron chi connectivity index (χ4n) is 4.40. The molecule has 0 unspecified atom stereocenters. The van der Waals surface area contributed by atoms with E-state index in [0.29, 0.717) is 31.3 Å². The number of carboxylic acid groups (broad SMARTS) is 1. The summed E-state index contributed by atoms with van der Waals surface area (Å²) < 4.78 is 17.4. The Bertz CT molecular complexity index is 741. The van der Waals surface area contributed by atoms with Gasteiger partial charge in [-0.15, -0.1) is 0 Å². The van der Waals surface area contributed by atoms with E-state index in [1.807, 2.05) is 0 Å². The summed E-state index contributed by atoms with van der Waals surface area (Å²) >= 11 is 0. The van der Waals surface area contributed by atoms with E-state index in [1.54, 1.807) is 0 Å². The molecule has 4 aliphatic rings. The molecule has 0 aromatic heterocycles. The topological polar surface area (TPSA) is 114 Å². The van der Waals surface area contributed by atoms with Crippen LogP contribution < -0.4 is 5.32 Å². The molecule has 0 aromatic rings. The van der Waals surface area contributed by atoms with E-state index in [1.165, 1.54) is 18.4 Å². The molecule has 8 nitrogen and oxygen atoms in total. The first-order valence-corrected chi connectivity index (χ1v) is 11.6. The van der Waals surface area contributed by atoms with Gasteiger partial charge in [-0.3, -0.25) is 19.7 Å². The van der Waals surface area contributed by atoms with Crippen molar-refractivity contribution >= 4 is 17.8 Å². The molecule has 2 N–H and O–H groups in total. The SMILES string of the molecule is CC(/C=C/[C@@H]1C[C@]2(CO2)C[C@@H](CC(=O)O)O1)=C\C[C@@H]1OCCC[C@@H]1C.O=C1CCC(=O)N1. The third-order valence-electron chi connectivity index (χ3n) is 6.37. The molecule has 1 spiro atoms. The van der Waals surface area contributed by atoms with Gasteiger partial charge in [-0.2, -0.15) is 0 Å². The van der Waals surface area contributed by atoms with Crippen molar-refractivity contribution in [1.82, 2.24) is 5.32 Å². The lowest BCUT2D eigenvalue weighted by atomic mass is 9.90. The highest BCUT2D eigenvalue weighted by atomic mass is 16.6.